The summed E-state index contributed by atoms with van der Waals surface area (Å²) < 4.78 is 16.0. The Bertz CT molecular complexity index is 1120. The average molecular weight is 388 g/mol. The van der Waals surface area contributed by atoms with E-state index in [1.54, 1.807) is 18.5 Å². The molecule has 0 amide bonds. The van der Waals surface area contributed by atoms with E-state index in [2.05, 4.69) is 29.2 Å². The Hall–Kier alpha value is -3.32. The Morgan fingerprint density at radius 1 is 0.897 bits per heavy atom. The molecule has 146 valence electrons. The van der Waals surface area contributed by atoms with Gasteiger partial charge >= 0.3 is 0 Å². The van der Waals surface area contributed by atoms with Gasteiger partial charge in [0.1, 0.15) is 5.82 Å². The third-order valence-electron chi connectivity index (χ3n) is 5.41. The molecule has 0 aliphatic carbocycles. The Labute approximate surface area is 168 Å². The largest absolute Gasteiger partial charge is 0.351 e. The second-order valence-electron chi connectivity index (χ2n) is 7.18. The van der Waals surface area contributed by atoms with Crippen molar-refractivity contribution >= 4 is 11.5 Å². The highest BCUT2D eigenvalue weighted by Gasteiger charge is 2.22. The lowest BCUT2D eigenvalue weighted by molar-refractivity contribution is 0.246. The van der Waals surface area contributed by atoms with Crippen molar-refractivity contribution in [2.24, 2.45) is 0 Å². The zero-order valence-electron chi connectivity index (χ0n) is 15.9. The first kappa shape index (κ1) is 17.8. The second-order valence-corrected chi connectivity index (χ2v) is 7.18. The minimum atomic E-state index is -0.137. The van der Waals surface area contributed by atoms with E-state index in [0.717, 1.165) is 54.5 Å². The number of piperazine rings is 1. The molecule has 0 N–H and O–H groups in total. The predicted molar refractivity (Wildman–Crippen MR) is 110 cm³/mol. The summed E-state index contributed by atoms with van der Waals surface area (Å²) in [4.78, 5) is 17.9. The number of benzene rings is 1. The van der Waals surface area contributed by atoms with Gasteiger partial charge in [-0.1, -0.05) is 18.2 Å². The Morgan fingerprint density at radius 2 is 1.69 bits per heavy atom. The van der Waals surface area contributed by atoms with Crippen LogP contribution in [0, 0.1) is 5.82 Å². The molecule has 3 aromatic heterocycles. The van der Waals surface area contributed by atoms with E-state index in [0.29, 0.717) is 6.54 Å². The smallest absolute Gasteiger partial charge is 0.180 e. The maximum Gasteiger partial charge on any atom is 0.180 e. The minimum Gasteiger partial charge on any atom is -0.351 e. The normalized spacial score (nSPS) is 15.1. The van der Waals surface area contributed by atoms with Gasteiger partial charge in [0.15, 0.2) is 11.5 Å². The standard InChI is InChI=1S/C22H21FN6/c23-19-4-2-1-3-18(19)16-27-11-13-28(14-12-27)21-22-26-15-20(29(22)10-9-25-21)17-5-7-24-8-6-17/h1-10,15H,11-14,16H2. The molecule has 4 heterocycles. The van der Waals surface area contributed by atoms with Gasteiger partial charge in [0.2, 0.25) is 0 Å². The number of fused-ring (bicyclic) bond motifs is 1. The summed E-state index contributed by atoms with van der Waals surface area (Å²) in [7, 11) is 0. The number of halogens is 1. The quantitative estimate of drug-likeness (QED) is 0.537. The molecule has 1 aliphatic heterocycles. The van der Waals surface area contributed by atoms with Crippen LogP contribution in [-0.4, -0.2) is 50.4 Å². The van der Waals surface area contributed by atoms with E-state index in [-0.39, 0.29) is 5.82 Å². The maximum atomic E-state index is 13.9. The molecule has 0 bridgehead atoms. The molecule has 5 rings (SSSR count). The van der Waals surface area contributed by atoms with Gasteiger partial charge in [-0.25, -0.2) is 14.4 Å². The van der Waals surface area contributed by atoms with Gasteiger partial charge in [-0.05, 0) is 18.2 Å². The van der Waals surface area contributed by atoms with Crippen molar-refractivity contribution in [3.8, 4) is 11.3 Å². The molecule has 1 aromatic carbocycles. The fourth-order valence-electron chi connectivity index (χ4n) is 3.85. The molecule has 0 spiro atoms. The lowest BCUT2D eigenvalue weighted by Crippen LogP contribution is -2.46. The highest BCUT2D eigenvalue weighted by molar-refractivity contribution is 5.71. The monoisotopic (exact) mass is 388 g/mol. The number of rotatable bonds is 4. The lowest BCUT2D eigenvalue weighted by Gasteiger charge is -2.35. The van der Waals surface area contributed by atoms with Crippen molar-refractivity contribution in [3.05, 3.63) is 78.8 Å². The summed E-state index contributed by atoms with van der Waals surface area (Å²) in [5.41, 5.74) is 3.68. The van der Waals surface area contributed by atoms with Crippen molar-refractivity contribution in [2.75, 3.05) is 31.1 Å². The summed E-state index contributed by atoms with van der Waals surface area (Å²) in [6, 6.07) is 11.0. The van der Waals surface area contributed by atoms with Gasteiger partial charge in [0.25, 0.3) is 0 Å². The highest BCUT2D eigenvalue weighted by atomic mass is 19.1. The molecular formula is C22H21FN6. The van der Waals surface area contributed by atoms with Crippen LogP contribution in [0.25, 0.3) is 16.9 Å². The summed E-state index contributed by atoms with van der Waals surface area (Å²) >= 11 is 0. The zero-order valence-corrected chi connectivity index (χ0v) is 15.9. The van der Waals surface area contributed by atoms with Crippen molar-refractivity contribution in [3.63, 3.8) is 0 Å². The minimum absolute atomic E-state index is 0.137. The molecule has 1 fully saturated rings. The maximum absolute atomic E-state index is 13.9. The van der Waals surface area contributed by atoms with Crippen LogP contribution >= 0.6 is 0 Å². The van der Waals surface area contributed by atoms with E-state index in [1.165, 1.54) is 6.07 Å². The molecule has 29 heavy (non-hydrogen) atoms. The Kier molecular flexibility index (Phi) is 4.65. The van der Waals surface area contributed by atoms with E-state index < -0.39 is 0 Å². The number of hydrogen-bond acceptors (Lipinski definition) is 5. The first-order valence-electron chi connectivity index (χ1n) is 9.73. The Morgan fingerprint density at radius 3 is 2.48 bits per heavy atom. The van der Waals surface area contributed by atoms with Crippen LogP contribution in [-0.2, 0) is 6.54 Å². The highest BCUT2D eigenvalue weighted by Crippen LogP contribution is 2.25. The fourth-order valence-corrected chi connectivity index (χ4v) is 3.85. The summed E-state index contributed by atoms with van der Waals surface area (Å²) in [6.07, 6.45) is 9.21. The van der Waals surface area contributed by atoms with Crippen molar-refractivity contribution < 1.29 is 4.39 Å². The van der Waals surface area contributed by atoms with Crippen LogP contribution in [0.2, 0.25) is 0 Å². The number of anilines is 1. The molecule has 4 aromatic rings. The van der Waals surface area contributed by atoms with E-state index in [9.17, 15) is 4.39 Å². The molecule has 6 nitrogen and oxygen atoms in total. The van der Waals surface area contributed by atoms with Crippen LogP contribution in [0.1, 0.15) is 5.56 Å². The average Bonchev–Trinajstić information content (AvgIpc) is 3.21. The number of imidazole rings is 1. The summed E-state index contributed by atoms with van der Waals surface area (Å²) in [6.45, 7) is 4.01. The fraction of sp³-hybridized carbons (Fsp3) is 0.227. The van der Waals surface area contributed by atoms with Gasteiger partial charge in [-0.15, -0.1) is 0 Å². The third-order valence-corrected chi connectivity index (χ3v) is 5.41. The summed E-state index contributed by atoms with van der Waals surface area (Å²) in [5, 5.41) is 0. The van der Waals surface area contributed by atoms with Gasteiger partial charge < -0.3 is 4.90 Å². The van der Waals surface area contributed by atoms with Crippen molar-refractivity contribution in [2.45, 2.75) is 6.54 Å². The van der Waals surface area contributed by atoms with Gasteiger partial charge in [-0.3, -0.25) is 14.3 Å². The third kappa shape index (κ3) is 3.45. The molecule has 0 atom stereocenters. The SMILES string of the molecule is Fc1ccccc1CN1CCN(c2nccn3c(-c4ccncc4)cnc23)CC1. The number of aromatic nitrogens is 4. The van der Waals surface area contributed by atoms with E-state index >= 15 is 0 Å². The topological polar surface area (TPSA) is 49.6 Å². The van der Waals surface area contributed by atoms with Gasteiger partial charge in [-0.2, -0.15) is 0 Å². The molecule has 1 aliphatic rings. The molecule has 1 saturated heterocycles. The molecule has 7 heteroatoms. The molecule has 0 saturated carbocycles. The first-order valence-corrected chi connectivity index (χ1v) is 9.73. The lowest BCUT2D eigenvalue weighted by atomic mass is 10.2. The number of hydrogen-bond donors (Lipinski definition) is 0. The van der Waals surface area contributed by atoms with E-state index in [1.807, 2.05) is 42.9 Å². The second kappa shape index (κ2) is 7.60. The first-order chi connectivity index (χ1) is 14.3. The van der Waals surface area contributed by atoms with Crippen LogP contribution in [0.15, 0.2) is 67.4 Å². The van der Waals surface area contributed by atoms with Crippen molar-refractivity contribution in [1.82, 2.24) is 24.3 Å². The molecule has 0 radical (unpaired) electrons. The zero-order chi connectivity index (χ0) is 19.6. The van der Waals surface area contributed by atoms with E-state index in [4.69, 9.17) is 0 Å². The summed E-state index contributed by atoms with van der Waals surface area (Å²) in [5.74, 6) is 0.751. The predicted octanol–water partition coefficient (Wildman–Crippen LogP) is 3.25. The van der Waals surface area contributed by atoms with Crippen molar-refractivity contribution in [1.29, 1.82) is 0 Å². The van der Waals surface area contributed by atoms with Crippen LogP contribution in [0.5, 0.6) is 0 Å². The number of pyridine rings is 1. The Balaban J connectivity index is 1.35. The molecule has 0 unspecified atom stereocenters. The van der Waals surface area contributed by atoms with Crippen LogP contribution < -0.4 is 4.90 Å². The molecular weight excluding hydrogens is 367 g/mol. The number of nitrogens with zero attached hydrogens (tertiary/aromatic N) is 6. The van der Waals surface area contributed by atoms with Gasteiger partial charge in [0.05, 0.1) is 11.9 Å². The van der Waals surface area contributed by atoms with Crippen LogP contribution in [0.4, 0.5) is 10.2 Å². The van der Waals surface area contributed by atoms with Crippen LogP contribution in [0.3, 0.4) is 0 Å². The van der Waals surface area contributed by atoms with Gasteiger partial charge in [0, 0.05) is 68.6 Å².